The van der Waals surface area contributed by atoms with Gasteiger partial charge in [-0.05, 0) is 29.3 Å². The van der Waals surface area contributed by atoms with Gasteiger partial charge in [0.25, 0.3) is 0 Å². The van der Waals surface area contributed by atoms with E-state index in [-0.39, 0.29) is 11.1 Å². The van der Waals surface area contributed by atoms with Gasteiger partial charge < -0.3 is 10.8 Å². The highest BCUT2D eigenvalue weighted by Crippen LogP contribution is 2.29. The molecule has 0 atom stereocenters. The highest BCUT2D eigenvalue weighted by molar-refractivity contribution is 6.31. The van der Waals surface area contributed by atoms with Crippen LogP contribution in [-0.4, -0.2) is 17.0 Å². The number of primary amides is 1. The number of carbonyl (C=O) groups excluding carboxylic acids is 1. The van der Waals surface area contributed by atoms with E-state index in [4.69, 9.17) is 22.4 Å². The number of rotatable bonds is 3. The van der Waals surface area contributed by atoms with E-state index in [9.17, 15) is 9.59 Å². The lowest BCUT2D eigenvalue weighted by molar-refractivity contribution is 0.0697. The van der Waals surface area contributed by atoms with Crippen molar-refractivity contribution in [3.63, 3.8) is 0 Å². The number of hydrogen-bond donors (Lipinski definition) is 2. The Morgan fingerprint density at radius 1 is 1.00 bits per heavy atom. The Hall–Kier alpha value is -2.33. The van der Waals surface area contributed by atoms with E-state index in [2.05, 4.69) is 0 Å². The maximum absolute atomic E-state index is 11.4. The van der Waals surface area contributed by atoms with Crippen LogP contribution in [0.1, 0.15) is 20.7 Å². The van der Waals surface area contributed by atoms with Crippen LogP contribution in [0.3, 0.4) is 0 Å². The SMILES string of the molecule is NC(=O)c1cc(Cl)ccc1-c1ccccc1C(=O)O. The van der Waals surface area contributed by atoms with Gasteiger partial charge in [0, 0.05) is 10.6 Å². The Bertz CT molecular complexity index is 667. The summed E-state index contributed by atoms with van der Waals surface area (Å²) >= 11 is 5.83. The molecule has 2 rings (SSSR count). The largest absolute Gasteiger partial charge is 0.478 e. The summed E-state index contributed by atoms with van der Waals surface area (Å²) in [5, 5.41) is 9.53. The zero-order valence-corrected chi connectivity index (χ0v) is 10.5. The molecule has 3 N–H and O–H groups in total. The number of carboxylic acid groups (broad SMARTS) is 1. The molecule has 0 spiro atoms. The second kappa shape index (κ2) is 5.12. The molecule has 0 aliphatic carbocycles. The van der Waals surface area contributed by atoms with Crippen LogP contribution in [0.15, 0.2) is 42.5 Å². The van der Waals surface area contributed by atoms with Gasteiger partial charge in [-0.25, -0.2) is 4.79 Å². The number of carbonyl (C=O) groups is 2. The van der Waals surface area contributed by atoms with E-state index in [1.54, 1.807) is 30.3 Å². The van der Waals surface area contributed by atoms with Crippen molar-refractivity contribution in [1.29, 1.82) is 0 Å². The Morgan fingerprint density at radius 2 is 1.63 bits per heavy atom. The van der Waals surface area contributed by atoms with Gasteiger partial charge in [0.15, 0.2) is 0 Å². The molecule has 4 nitrogen and oxygen atoms in total. The first-order valence-corrected chi connectivity index (χ1v) is 5.80. The molecule has 0 unspecified atom stereocenters. The first-order valence-electron chi connectivity index (χ1n) is 5.42. The van der Waals surface area contributed by atoms with Crippen molar-refractivity contribution in [2.75, 3.05) is 0 Å². The fourth-order valence-electron chi connectivity index (χ4n) is 1.86. The third kappa shape index (κ3) is 2.58. The molecule has 19 heavy (non-hydrogen) atoms. The fourth-order valence-corrected chi connectivity index (χ4v) is 2.03. The molecule has 0 saturated heterocycles. The van der Waals surface area contributed by atoms with Gasteiger partial charge in [0.1, 0.15) is 0 Å². The predicted molar refractivity (Wildman–Crippen MR) is 72.4 cm³/mol. The van der Waals surface area contributed by atoms with Crippen LogP contribution in [0.2, 0.25) is 5.02 Å². The molecule has 0 aliphatic rings. The molecule has 0 aromatic heterocycles. The Kier molecular flexibility index (Phi) is 3.53. The number of aromatic carboxylic acids is 1. The van der Waals surface area contributed by atoms with Crippen molar-refractivity contribution in [3.05, 3.63) is 58.6 Å². The summed E-state index contributed by atoms with van der Waals surface area (Å²) in [4.78, 5) is 22.6. The average Bonchev–Trinajstić information content (AvgIpc) is 2.38. The summed E-state index contributed by atoms with van der Waals surface area (Å²) in [6.07, 6.45) is 0. The Labute approximate surface area is 114 Å². The van der Waals surface area contributed by atoms with Gasteiger partial charge in [-0.1, -0.05) is 35.9 Å². The van der Waals surface area contributed by atoms with Crippen molar-refractivity contribution < 1.29 is 14.7 Å². The van der Waals surface area contributed by atoms with E-state index in [0.717, 1.165) is 0 Å². The van der Waals surface area contributed by atoms with Crippen molar-refractivity contribution in [3.8, 4) is 11.1 Å². The summed E-state index contributed by atoms with van der Waals surface area (Å²) in [7, 11) is 0. The van der Waals surface area contributed by atoms with Crippen LogP contribution in [0.25, 0.3) is 11.1 Å². The molecule has 0 saturated carbocycles. The van der Waals surface area contributed by atoms with Crippen LogP contribution in [0, 0.1) is 0 Å². The number of hydrogen-bond acceptors (Lipinski definition) is 2. The monoisotopic (exact) mass is 275 g/mol. The van der Waals surface area contributed by atoms with E-state index in [1.165, 1.54) is 12.1 Å². The van der Waals surface area contributed by atoms with E-state index in [1.807, 2.05) is 0 Å². The third-order valence-corrected chi connectivity index (χ3v) is 2.93. The highest BCUT2D eigenvalue weighted by atomic mass is 35.5. The Balaban J connectivity index is 2.72. The maximum Gasteiger partial charge on any atom is 0.336 e. The summed E-state index contributed by atoms with van der Waals surface area (Å²) in [5.41, 5.74) is 6.49. The van der Waals surface area contributed by atoms with Crippen LogP contribution in [0.4, 0.5) is 0 Å². The molecule has 0 radical (unpaired) electrons. The van der Waals surface area contributed by atoms with Crippen LogP contribution in [-0.2, 0) is 0 Å². The molecule has 0 aliphatic heterocycles. The number of halogens is 1. The van der Waals surface area contributed by atoms with E-state index in [0.29, 0.717) is 16.1 Å². The molecule has 0 bridgehead atoms. The first kappa shape index (κ1) is 13.1. The number of carboxylic acids is 1. The minimum absolute atomic E-state index is 0.104. The predicted octanol–water partition coefficient (Wildman–Crippen LogP) is 2.80. The number of benzene rings is 2. The lowest BCUT2D eigenvalue weighted by Crippen LogP contribution is -2.13. The topological polar surface area (TPSA) is 80.4 Å². The second-order valence-corrected chi connectivity index (χ2v) is 4.34. The summed E-state index contributed by atoms with van der Waals surface area (Å²) in [6, 6.07) is 11.0. The lowest BCUT2D eigenvalue weighted by Gasteiger charge is -2.10. The Morgan fingerprint density at radius 3 is 2.26 bits per heavy atom. The zero-order chi connectivity index (χ0) is 14.0. The number of amides is 1. The molecule has 96 valence electrons. The standard InChI is InChI=1S/C14H10ClNO3/c15-8-5-6-10(12(7-8)13(16)17)9-3-1-2-4-11(9)14(18)19/h1-7H,(H2,16,17)(H,18,19). The molecule has 1 amide bonds. The quantitative estimate of drug-likeness (QED) is 0.904. The summed E-state index contributed by atoms with van der Waals surface area (Å²) in [5.74, 6) is -1.72. The molecular formula is C14H10ClNO3. The number of nitrogens with two attached hydrogens (primary N) is 1. The van der Waals surface area contributed by atoms with Gasteiger partial charge in [-0.2, -0.15) is 0 Å². The van der Waals surface area contributed by atoms with Crippen molar-refractivity contribution in [2.24, 2.45) is 5.73 Å². The van der Waals surface area contributed by atoms with Crippen LogP contribution < -0.4 is 5.73 Å². The van der Waals surface area contributed by atoms with Crippen molar-refractivity contribution >= 4 is 23.5 Å². The van der Waals surface area contributed by atoms with Gasteiger partial charge in [0.2, 0.25) is 5.91 Å². The fraction of sp³-hybridized carbons (Fsp3) is 0. The molecule has 0 heterocycles. The van der Waals surface area contributed by atoms with Gasteiger partial charge in [-0.15, -0.1) is 0 Å². The maximum atomic E-state index is 11.4. The van der Waals surface area contributed by atoms with Crippen LogP contribution >= 0.6 is 11.6 Å². The molecule has 0 fully saturated rings. The first-order chi connectivity index (χ1) is 9.00. The average molecular weight is 276 g/mol. The third-order valence-electron chi connectivity index (χ3n) is 2.69. The summed E-state index contributed by atoms with van der Waals surface area (Å²) in [6.45, 7) is 0. The zero-order valence-electron chi connectivity index (χ0n) is 9.76. The van der Waals surface area contributed by atoms with E-state index >= 15 is 0 Å². The molecule has 2 aromatic carbocycles. The molecular weight excluding hydrogens is 266 g/mol. The highest BCUT2D eigenvalue weighted by Gasteiger charge is 2.16. The van der Waals surface area contributed by atoms with Gasteiger partial charge in [-0.3, -0.25) is 4.79 Å². The smallest absolute Gasteiger partial charge is 0.336 e. The van der Waals surface area contributed by atoms with Crippen molar-refractivity contribution in [2.45, 2.75) is 0 Å². The van der Waals surface area contributed by atoms with Crippen LogP contribution in [0.5, 0.6) is 0 Å². The van der Waals surface area contributed by atoms with Gasteiger partial charge in [0.05, 0.1) is 5.56 Å². The van der Waals surface area contributed by atoms with Gasteiger partial charge >= 0.3 is 5.97 Å². The van der Waals surface area contributed by atoms with E-state index < -0.39 is 11.9 Å². The minimum atomic E-state index is -1.07. The second-order valence-electron chi connectivity index (χ2n) is 3.90. The van der Waals surface area contributed by atoms with Crippen molar-refractivity contribution in [1.82, 2.24) is 0 Å². The normalized spacial score (nSPS) is 10.2. The lowest BCUT2D eigenvalue weighted by atomic mass is 9.95. The molecule has 5 heteroatoms. The summed E-state index contributed by atoms with van der Waals surface area (Å²) < 4.78 is 0. The molecule has 2 aromatic rings. The minimum Gasteiger partial charge on any atom is -0.478 e.